The zero-order valence-electron chi connectivity index (χ0n) is 20.8. The molecule has 0 fully saturated rings. The SMILES string of the molecule is COC(=O)[C@@](C)(Cc1c[nH]c2ccccc12)NC(=O)[C@H](Cc1ccccc1)NC(=O)OC(C)(C)C. The zero-order chi connectivity index (χ0) is 25.6. The Morgan fingerprint density at radius 2 is 1.63 bits per heavy atom. The Balaban J connectivity index is 1.86. The van der Waals surface area contributed by atoms with Crippen LogP contribution in [0.15, 0.2) is 60.8 Å². The molecular weight excluding hydrogens is 446 g/mol. The van der Waals surface area contributed by atoms with Crippen molar-refractivity contribution in [3.05, 3.63) is 71.9 Å². The first-order chi connectivity index (χ1) is 16.5. The number of hydrogen-bond donors (Lipinski definition) is 3. The number of aromatic nitrogens is 1. The van der Waals surface area contributed by atoms with Gasteiger partial charge in [-0.15, -0.1) is 0 Å². The predicted octanol–water partition coefficient (Wildman–Crippen LogP) is 3.89. The summed E-state index contributed by atoms with van der Waals surface area (Å²) in [7, 11) is 1.28. The van der Waals surface area contributed by atoms with Crippen molar-refractivity contribution in [1.29, 1.82) is 0 Å². The summed E-state index contributed by atoms with van der Waals surface area (Å²) in [6.45, 7) is 6.85. The second kappa shape index (κ2) is 10.6. The molecule has 3 rings (SSSR count). The molecule has 2 atom stereocenters. The van der Waals surface area contributed by atoms with Gasteiger partial charge in [-0.25, -0.2) is 9.59 Å². The van der Waals surface area contributed by atoms with E-state index in [1.165, 1.54) is 7.11 Å². The molecular formula is C27H33N3O5. The van der Waals surface area contributed by atoms with Crippen molar-refractivity contribution in [2.24, 2.45) is 0 Å². The number of ether oxygens (including phenoxy) is 2. The van der Waals surface area contributed by atoms with Crippen LogP contribution in [0.3, 0.4) is 0 Å². The first-order valence-corrected chi connectivity index (χ1v) is 11.5. The Bertz CT molecular complexity index is 1180. The maximum Gasteiger partial charge on any atom is 0.408 e. The number of para-hydroxylation sites is 1. The minimum absolute atomic E-state index is 0.194. The van der Waals surface area contributed by atoms with Crippen molar-refractivity contribution in [2.75, 3.05) is 7.11 Å². The summed E-state index contributed by atoms with van der Waals surface area (Å²) >= 11 is 0. The largest absolute Gasteiger partial charge is 0.467 e. The number of methoxy groups -OCH3 is 1. The summed E-state index contributed by atoms with van der Waals surface area (Å²) in [5, 5.41) is 6.45. The van der Waals surface area contributed by atoms with Gasteiger partial charge in [0.05, 0.1) is 7.11 Å². The molecule has 0 aliphatic rings. The van der Waals surface area contributed by atoms with Crippen molar-refractivity contribution in [3.8, 4) is 0 Å². The number of rotatable bonds is 8. The van der Waals surface area contributed by atoms with Crippen molar-refractivity contribution < 1.29 is 23.9 Å². The molecule has 8 nitrogen and oxygen atoms in total. The molecule has 2 amide bonds. The third kappa shape index (κ3) is 6.85. The molecule has 0 aliphatic carbocycles. The number of esters is 1. The maximum absolute atomic E-state index is 13.5. The van der Waals surface area contributed by atoms with Crippen molar-refractivity contribution in [2.45, 2.75) is 57.7 Å². The average molecular weight is 480 g/mol. The number of benzene rings is 2. The third-order valence-corrected chi connectivity index (χ3v) is 5.54. The molecule has 1 aromatic heterocycles. The van der Waals surface area contributed by atoms with Gasteiger partial charge in [0.25, 0.3) is 0 Å². The third-order valence-electron chi connectivity index (χ3n) is 5.54. The first-order valence-electron chi connectivity index (χ1n) is 11.5. The Kier molecular flexibility index (Phi) is 7.84. The van der Waals surface area contributed by atoms with Crippen LogP contribution in [-0.4, -0.2) is 47.2 Å². The van der Waals surface area contributed by atoms with Crippen LogP contribution in [0.4, 0.5) is 4.79 Å². The molecule has 0 radical (unpaired) electrons. The van der Waals surface area contributed by atoms with Gasteiger partial charge in [0.1, 0.15) is 17.2 Å². The number of aromatic amines is 1. The van der Waals surface area contributed by atoms with Gasteiger partial charge < -0.3 is 25.1 Å². The van der Waals surface area contributed by atoms with E-state index in [1.807, 2.05) is 60.8 Å². The standard InChI is InChI=1S/C27H33N3O5/c1-26(2,3)35-25(33)29-22(15-18-11-7-6-8-12-18)23(31)30-27(4,24(32)34-5)16-19-17-28-21-14-10-9-13-20(19)21/h6-14,17,22,28H,15-16H2,1-5H3,(H,29,33)(H,30,31)/t22-,27+/m0/s1. The van der Waals surface area contributed by atoms with E-state index in [2.05, 4.69) is 15.6 Å². The van der Waals surface area contributed by atoms with E-state index >= 15 is 0 Å². The van der Waals surface area contributed by atoms with Crippen LogP contribution >= 0.6 is 0 Å². The summed E-state index contributed by atoms with van der Waals surface area (Å²) in [5.41, 5.74) is 0.526. The highest BCUT2D eigenvalue weighted by Gasteiger charge is 2.39. The van der Waals surface area contributed by atoms with Crippen molar-refractivity contribution in [1.82, 2.24) is 15.6 Å². The van der Waals surface area contributed by atoms with Crippen molar-refractivity contribution >= 4 is 28.9 Å². The number of nitrogens with one attached hydrogen (secondary N) is 3. The molecule has 3 aromatic rings. The summed E-state index contributed by atoms with van der Waals surface area (Å²) in [5.74, 6) is -1.11. The van der Waals surface area contributed by atoms with Crippen LogP contribution in [0, 0.1) is 0 Å². The highest BCUT2D eigenvalue weighted by molar-refractivity contribution is 5.93. The van der Waals surface area contributed by atoms with Crippen LogP contribution < -0.4 is 10.6 Å². The second-order valence-corrected chi connectivity index (χ2v) is 9.74. The van der Waals surface area contributed by atoms with Gasteiger partial charge in [-0.3, -0.25) is 4.79 Å². The fourth-order valence-corrected chi connectivity index (χ4v) is 3.92. The molecule has 0 bridgehead atoms. The molecule has 3 N–H and O–H groups in total. The Morgan fingerprint density at radius 1 is 0.971 bits per heavy atom. The van der Waals surface area contributed by atoms with Crippen LogP contribution in [-0.2, 0) is 31.9 Å². The average Bonchev–Trinajstić information content (AvgIpc) is 3.20. The lowest BCUT2D eigenvalue weighted by atomic mass is 9.91. The van der Waals surface area contributed by atoms with Crippen LogP contribution in [0.2, 0.25) is 0 Å². The van der Waals surface area contributed by atoms with Crippen molar-refractivity contribution in [3.63, 3.8) is 0 Å². The van der Waals surface area contributed by atoms with Gasteiger partial charge in [-0.05, 0) is 44.9 Å². The van der Waals surface area contributed by atoms with Crippen LogP contribution in [0.5, 0.6) is 0 Å². The normalized spacial score (nSPS) is 14.0. The lowest BCUT2D eigenvalue weighted by Crippen LogP contribution is -2.60. The lowest BCUT2D eigenvalue weighted by Gasteiger charge is -2.30. The minimum atomic E-state index is -1.37. The number of amides is 2. The molecule has 8 heteroatoms. The molecule has 0 saturated heterocycles. The number of alkyl carbamates (subject to hydrolysis) is 1. The summed E-state index contributed by atoms with van der Waals surface area (Å²) < 4.78 is 10.4. The molecule has 0 saturated carbocycles. The summed E-state index contributed by atoms with van der Waals surface area (Å²) in [6, 6.07) is 16.0. The maximum atomic E-state index is 13.5. The fourth-order valence-electron chi connectivity index (χ4n) is 3.92. The quantitative estimate of drug-likeness (QED) is 0.425. The molecule has 186 valence electrons. The van der Waals surface area contributed by atoms with Crippen LogP contribution in [0.1, 0.15) is 38.8 Å². The number of fused-ring (bicyclic) bond motifs is 1. The van der Waals surface area contributed by atoms with Gasteiger partial charge in [0.2, 0.25) is 5.91 Å². The molecule has 2 aromatic carbocycles. The smallest absolute Gasteiger partial charge is 0.408 e. The molecule has 0 spiro atoms. The highest BCUT2D eigenvalue weighted by Crippen LogP contribution is 2.24. The van der Waals surface area contributed by atoms with Gasteiger partial charge in [0, 0.05) is 29.9 Å². The van der Waals surface area contributed by atoms with E-state index in [9.17, 15) is 14.4 Å². The van der Waals surface area contributed by atoms with E-state index < -0.39 is 35.2 Å². The topological polar surface area (TPSA) is 110 Å². The number of H-pyrrole nitrogens is 1. The monoisotopic (exact) mass is 479 g/mol. The Labute approximate surface area is 205 Å². The molecule has 1 heterocycles. The van der Waals surface area contributed by atoms with Gasteiger partial charge in [-0.1, -0.05) is 48.5 Å². The van der Waals surface area contributed by atoms with E-state index in [0.717, 1.165) is 22.0 Å². The van der Waals surface area contributed by atoms with Gasteiger partial charge >= 0.3 is 12.1 Å². The minimum Gasteiger partial charge on any atom is -0.467 e. The molecule has 0 unspecified atom stereocenters. The van der Waals surface area contributed by atoms with E-state index in [0.29, 0.717) is 0 Å². The Hall–Kier alpha value is -3.81. The summed E-state index contributed by atoms with van der Waals surface area (Å²) in [6.07, 6.45) is 1.51. The Morgan fingerprint density at radius 3 is 2.29 bits per heavy atom. The predicted molar refractivity (Wildman–Crippen MR) is 134 cm³/mol. The van der Waals surface area contributed by atoms with E-state index in [4.69, 9.17) is 9.47 Å². The van der Waals surface area contributed by atoms with Crippen LogP contribution in [0.25, 0.3) is 10.9 Å². The number of carbonyl (C=O) groups excluding carboxylic acids is 3. The van der Waals surface area contributed by atoms with E-state index in [1.54, 1.807) is 27.7 Å². The fraction of sp³-hybridized carbons (Fsp3) is 0.370. The van der Waals surface area contributed by atoms with E-state index in [-0.39, 0.29) is 12.8 Å². The van der Waals surface area contributed by atoms with Gasteiger partial charge in [0.15, 0.2) is 0 Å². The summed E-state index contributed by atoms with van der Waals surface area (Å²) in [4.78, 5) is 42.0. The number of carbonyl (C=O) groups is 3. The molecule has 35 heavy (non-hydrogen) atoms. The highest BCUT2D eigenvalue weighted by atomic mass is 16.6. The molecule has 0 aliphatic heterocycles. The second-order valence-electron chi connectivity index (χ2n) is 9.74. The lowest BCUT2D eigenvalue weighted by molar-refractivity contribution is -0.150. The zero-order valence-corrected chi connectivity index (χ0v) is 20.8. The number of hydrogen-bond acceptors (Lipinski definition) is 5. The first kappa shape index (κ1) is 25.8. The van der Waals surface area contributed by atoms with Gasteiger partial charge in [-0.2, -0.15) is 0 Å².